The zero-order chi connectivity index (χ0) is 17.6. The predicted molar refractivity (Wildman–Crippen MR) is 101 cm³/mol. The molecule has 25 heavy (non-hydrogen) atoms. The molecule has 0 saturated carbocycles. The molecule has 0 fully saturated rings. The second-order valence-electron chi connectivity index (χ2n) is 5.38. The summed E-state index contributed by atoms with van der Waals surface area (Å²) in [4.78, 5) is 17.0. The van der Waals surface area contributed by atoms with Crippen LogP contribution >= 0.6 is 11.3 Å². The highest BCUT2D eigenvalue weighted by molar-refractivity contribution is 7.22. The lowest BCUT2D eigenvalue weighted by molar-refractivity contribution is 0.102. The summed E-state index contributed by atoms with van der Waals surface area (Å²) in [7, 11) is 0. The molecule has 1 aromatic heterocycles. The molecular weight excluding hydrogens is 336 g/mol. The number of rotatable bonds is 7. The zero-order valence-corrected chi connectivity index (χ0v) is 15.1. The van der Waals surface area contributed by atoms with Crippen molar-refractivity contribution in [2.45, 2.75) is 20.3 Å². The molecule has 0 atom stereocenters. The Morgan fingerprint density at radius 2 is 1.96 bits per heavy atom. The van der Waals surface area contributed by atoms with E-state index in [1.807, 2.05) is 38.1 Å². The van der Waals surface area contributed by atoms with E-state index >= 15 is 0 Å². The second kappa shape index (κ2) is 7.98. The van der Waals surface area contributed by atoms with Crippen molar-refractivity contribution in [3.8, 4) is 11.5 Å². The van der Waals surface area contributed by atoms with Crippen LogP contribution in [0.5, 0.6) is 11.5 Å². The highest BCUT2D eigenvalue weighted by Crippen LogP contribution is 2.30. The number of amides is 1. The summed E-state index contributed by atoms with van der Waals surface area (Å²) < 4.78 is 12.3. The lowest BCUT2D eigenvalue weighted by Gasteiger charge is -2.12. The number of anilines is 1. The number of ether oxygens (including phenoxy) is 2. The van der Waals surface area contributed by atoms with Crippen LogP contribution in [0, 0.1) is 0 Å². The van der Waals surface area contributed by atoms with E-state index in [1.54, 1.807) is 18.2 Å². The van der Waals surface area contributed by atoms with Crippen LogP contribution in [0.2, 0.25) is 0 Å². The number of hydrogen-bond donors (Lipinski definition) is 1. The molecule has 1 amide bonds. The van der Waals surface area contributed by atoms with Crippen LogP contribution < -0.4 is 14.8 Å². The molecule has 5 nitrogen and oxygen atoms in total. The quantitative estimate of drug-likeness (QED) is 0.664. The van der Waals surface area contributed by atoms with Crippen LogP contribution in [0.1, 0.15) is 30.6 Å². The van der Waals surface area contributed by atoms with E-state index in [2.05, 4.69) is 10.3 Å². The van der Waals surface area contributed by atoms with Crippen LogP contribution in [-0.4, -0.2) is 24.1 Å². The lowest BCUT2D eigenvalue weighted by atomic mass is 10.2. The molecule has 0 aliphatic heterocycles. The molecule has 3 aromatic rings. The maximum absolute atomic E-state index is 12.5. The monoisotopic (exact) mass is 356 g/mol. The molecule has 1 N–H and O–H groups in total. The van der Waals surface area contributed by atoms with E-state index in [4.69, 9.17) is 9.47 Å². The summed E-state index contributed by atoms with van der Waals surface area (Å²) in [5, 5.41) is 3.43. The Labute approximate surface area is 150 Å². The van der Waals surface area contributed by atoms with Gasteiger partial charge >= 0.3 is 0 Å². The molecule has 0 aliphatic carbocycles. The number of aromatic nitrogens is 1. The van der Waals surface area contributed by atoms with Gasteiger partial charge in [0.25, 0.3) is 5.91 Å². The van der Waals surface area contributed by atoms with Crippen molar-refractivity contribution in [3.63, 3.8) is 0 Å². The first-order valence-corrected chi connectivity index (χ1v) is 9.09. The van der Waals surface area contributed by atoms with Gasteiger partial charge in [-0.05, 0) is 43.7 Å². The van der Waals surface area contributed by atoms with Gasteiger partial charge in [0.15, 0.2) is 16.6 Å². The molecule has 1 heterocycles. The minimum atomic E-state index is -0.220. The number of thiazole rings is 1. The number of carbonyl (C=O) groups excluding carboxylic acids is 1. The smallest absolute Gasteiger partial charge is 0.257 e. The number of nitrogens with one attached hydrogen (secondary N) is 1. The van der Waals surface area contributed by atoms with E-state index < -0.39 is 0 Å². The number of para-hydroxylation sites is 1. The average Bonchev–Trinajstić information content (AvgIpc) is 3.03. The minimum Gasteiger partial charge on any atom is -0.490 e. The zero-order valence-electron chi connectivity index (χ0n) is 14.2. The second-order valence-corrected chi connectivity index (χ2v) is 6.41. The predicted octanol–water partition coefficient (Wildman–Crippen LogP) is 4.74. The Hall–Kier alpha value is -2.60. The summed E-state index contributed by atoms with van der Waals surface area (Å²) >= 11 is 1.45. The van der Waals surface area contributed by atoms with Crippen molar-refractivity contribution in [3.05, 3.63) is 48.0 Å². The molecule has 0 spiro atoms. The first-order chi connectivity index (χ1) is 12.2. The molecule has 6 heteroatoms. The van der Waals surface area contributed by atoms with Gasteiger partial charge in [0.2, 0.25) is 0 Å². The Balaban J connectivity index is 1.79. The van der Waals surface area contributed by atoms with Gasteiger partial charge in [-0.15, -0.1) is 0 Å². The molecule has 2 aromatic carbocycles. The maximum atomic E-state index is 12.5. The van der Waals surface area contributed by atoms with Crippen molar-refractivity contribution in [2.75, 3.05) is 18.5 Å². The lowest BCUT2D eigenvalue weighted by Crippen LogP contribution is -2.12. The molecule has 130 valence electrons. The molecule has 0 radical (unpaired) electrons. The van der Waals surface area contributed by atoms with Gasteiger partial charge < -0.3 is 9.47 Å². The van der Waals surface area contributed by atoms with Gasteiger partial charge in [0.1, 0.15) is 0 Å². The van der Waals surface area contributed by atoms with Gasteiger partial charge in [-0.2, -0.15) is 0 Å². The molecule has 0 unspecified atom stereocenters. The van der Waals surface area contributed by atoms with Crippen molar-refractivity contribution in [1.82, 2.24) is 4.98 Å². The number of carbonyl (C=O) groups is 1. The van der Waals surface area contributed by atoms with Crippen molar-refractivity contribution in [1.29, 1.82) is 0 Å². The number of hydrogen-bond acceptors (Lipinski definition) is 5. The van der Waals surface area contributed by atoms with Crippen molar-refractivity contribution >= 4 is 32.6 Å². The van der Waals surface area contributed by atoms with Gasteiger partial charge in [0.05, 0.1) is 23.4 Å². The fourth-order valence-corrected chi connectivity index (χ4v) is 3.20. The van der Waals surface area contributed by atoms with Crippen LogP contribution in [0.3, 0.4) is 0 Å². The average molecular weight is 356 g/mol. The van der Waals surface area contributed by atoms with Crippen molar-refractivity contribution < 1.29 is 14.3 Å². The summed E-state index contributed by atoms with van der Waals surface area (Å²) in [6, 6.07) is 13.0. The number of nitrogens with zero attached hydrogens (tertiary/aromatic N) is 1. The van der Waals surface area contributed by atoms with Crippen LogP contribution in [0.15, 0.2) is 42.5 Å². The third kappa shape index (κ3) is 4.09. The van der Waals surface area contributed by atoms with E-state index in [-0.39, 0.29) is 5.91 Å². The van der Waals surface area contributed by atoms with E-state index in [9.17, 15) is 4.79 Å². The first-order valence-electron chi connectivity index (χ1n) is 8.27. The summed E-state index contributed by atoms with van der Waals surface area (Å²) in [6.45, 7) is 5.06. The van der Waals surface area contributed by atoms with Crippen molar-refractivity contribution in [2.24, 2.45) is 0 Å². The molecule has 0 bridgehead atoms. The summed E-state index contributed by atoms with van der Waals surface area (Å²) in [6.07, 6.45) is 0.908. The fraction of sp³-hybridized carbons (Fsp3) is 0.263. The van der Waals surface area contributed by atoms with Gasteiger partial charge in [-0.3, -0.25) is 10.1 Å². The Bertz CT molecular complexity index is 843. The molecular formula is C19H20N2O3S. The van der Waals surface area contributed by atoms with Gasteiger partial charge in [0, 0.05) is 5.56 Å². The molecule has 0 aliphatic rings. The molecule has 0 saturated heterocycles. The minimum absolute atomic E-state index is 0.220. The number of fused-ring (bicyclic) bond motifs is 1. The summed E-state index contributed by atoms with van der Waals surface area (Å²) in [5.74, 6) is 1.01. The normalized spacial score (nSPS) is 10.6. The van der Waals surface area contributed by atoms with E-state index in [0.29, 0.717) is 35.4 Å². The van der Waals surface area contributed by atoms with Crippen LogP contribution in [0.25, 0.3) is 10.2 Å². The topological polar surface area (TPSA) is 60.5 Å². The standard InChI is InChI=1S/C19H20N2O3S/c1-3-11-24-15-10-9-13(12-16(15)23-4-2)18(22)21-19-20-14-7-5-6-8-17(14)25-19/h5-10,12H,3-4,11H2,1-2H3,(H,20,21,22). The maximum Gasteiger partial charge on any atom is 0.257 e. The number of benzene rings is 2. The van der Waals surface area contributed by atoms with Crippen LogP contribution in [-0.2, 0) is 0 Å². The van der Waals surface area contributed by atoms with Gasteiger partial charge in [-0.25, -0.2) is 4.98 Å². The Morgan fingerprint density at radius 3 is 2.72 bits per heavy atom. The fourth-order valence-electron chi connectivity index (χ4n) is 2.34. The van der Waals surface area contributed by atoms with Crippen LogP contribution in [0.4, 0.5) is 5.13 Å². The SMILES string of the molecule is CCCOc1ccc(C(=O)Nc2nc3ccccc3s2)cc1OCC. The largest absolute Gasteiger partial charge is 0.490 e. The van der Waals surface area contributed by atoms with E-state index in [1.165, 1.54) is 11.3 Å². The Kier molecular flexibility index (Phi) is 5.50. The van der Waals surface area contributed by atoms with E-state index in [0.717, 1.165) is 16.6 Å². The molecule has 3 rings (SSSR count). The highest BCUT2D eigenvalue weighted by Gasteiger charge is 2.13. The summed E-state index contributed by atoms with van der Waals surface area (Å²) in [5.41, 5.74) is 1.38. The first kappa shape index (κ1) is 17.2. The van der Waals surface area contributed by atoms with Gasteiger partial charge in [-0.1, -0.05) is 30.4 Å². The third-order valence-electron chi connectivity index (χ3n) is 3.48. The third-order valence-corrected chi connectivity index (χ3v) is 4.43. The highest BCUT2D eigenvalue weighted by atomic mass is 32.1. The Morgan fingerprint density at radius 1 is 1.12 bits per heavy atom.